The minimum atomic E-state index is -2.63. The Labute approximate surface area is 68.5 Å². The Morgan fingerprint density at radius 1 is 1.58 bits per heavy atom. The molecule has 0 radical (unpaired) electrons. The van der Waals surface area contributed by atoms with E-state index >= 15 is 0 Å². The smallest absolute Gasteiger partial charge is 0.245 e. The van der Waals surface area contributed by atoms with E-state index in [1.165, 1.54) is 12.3 Å². The molecule has 4 heteroatoms. The van der Waals surface area contributed by atoms with Crippen LogP contribution < -0.4 is 0 Å². The first-order chi connectivity index (χ1) is 5.65. The van der Waals surface area contributed by atoms with Crippen LogP contribution in [0.1, 0.15) is 23.2 Å². The first kappa shape index (κ1) is 8.60. The number of halogens is 2. The fourth-order valence-corrected chi connectivity index (χ4v) is 0.852. The summed E-state index contributed by atoms with van der Waals surface area (Å²) in [6.07, 6.45) is -1.24. The third-order valence-corrected chi connectivity index (χ3v) is 1.39. The Hall–Kier alpha value is -1.50. The predicted octanol–water partition coefficient (Wildman–Crippen LogP) is 2.20. The number of nitrogens with zero attached hydrogens (tertiary/aromatic N) is 2. The van der Waals surface area contributed by atoms with Crippen LogP contribution in [0.4, 0.5) is 8.78 Å². The van der Waals surface area contributed by atoms with Crippen molar-refractivity contribution in [2.75, 3.05) is 0 Å². The molecule has 0 fully saturated rings. The molecule has 0 aliphatic heterocycles. The zero-order chi connectivity index (χ0) is 9.14. The molecule has 2 nitrogen and oxygen atoms in total. The van der Waals surface area contributed by atoms with Gasteiger partial charge in [-0.15, -0.1) is 0 Å². The summed E-state index contributed by atoms with van der Waals surface area (Å²) in [7, 11) is 0. The van der Waals surface area contributed by atoms with Crippen LogP contribution in [-0.2, 0) is 0 Å². The standard InChI is InChI=1S/C8H6F2N2/c1-5-2-6(8(9)10)7(3-11)12-4-5/h2,4,8H,1H3. The van der Waals surface area contributed by atoms with Gasteiger partial charge in [-0.25, -0.2) is 13.8 Å². The van der Waals surface area contributed by atoms with Crippen molar-refractivity contribution < 1.29 is 8.78 Å². The molecule has 1 heterocycles. The van der Waals surface area contributed by atoms with E-state index in [0.717, 1.165) is 0 Å². The molecule has 62 valence electrons. The Bertz CT molecular complexity index is 328. The zero-order valence-corrected chi connectivity index (χ0v) is 6.38. The first-order valence-corrected chi connectivity index (χ1v) is 3.30. The predicted molar refractivity (Wildman–Crippen MR) is 38.6 cm³/mol. The highest BCUT2D eigenvalue weighted by molar-refractivity contribution is 5.33. The average Bonchev–Trinajstić information content (AvgIpc) is 2.04. The summed E-state index contributed by atoms with van der Waals surface area (Å²) in [6.45, 7) is 1.65. The molecule has 12 heavy (non-hydrogen) atoms. The zero-order valence-electron chi connectivity index (χ0n) is 6.38. The molecule has 1 aromatic heterocycles. The molecular weight excluding hydrogens is 162 g/mol. The molecule has 0 unspecified atom stereocenters. The first-order valence-electron chi connectivity index (χ1n) is 3.30. The van der Waals surface area contributed by atoms with Crippen LogP contribution in [0, 0.1) is 18.3 Å². The van der Waals surface area contributed by atoms with Crippen molar-refractivity contribution in [1.29, 1.82) is 5.26 Å². The van der Waals surface area contributed by atoms with Crippen molar-refractivity contribution in [1.82, 2.24) is 4.98 Å². The van der Waals surface area contributed by atoms with E-state index in [1.54, 1.807) is 13.0 Å². The highest BCUT2D eigenvalue weighted by Crippen LogP contribution is 2.21. The molecule has 0 aliphatic rings. The number of pyridine rings is 1. The molecule has 0 N–H and O–H groups in total. The molecule has 0 saturated carbocycles. The van der Waals surface area contributed by atoms with Crippen molar-refractivity contribution >= 4 is 0 Å². The lowest BCUT2D eigenvalue weighted by Gasteiger charge is -2.01. The van der Waals surface area contributed by atoms with Gasteiger partial charge in [-0.2, -0.15) is 5.26 Å². The second-order valence-corrected chi connectivity index (χ2v) is 2.36. The van der Waals surface area contributed by atoms with Gasteiger partial charge in [0, 0.05) is 6.20 Å². The summed E-state index contributed by atoms with van der Waals surface area (Å²) in [5.41, 5.74) is 0.136. The lowest BCUT2D eigenvalue weighted by molar-refractivity contribution is 0.150. The number of hydrogen-bond donors (Lipinski definition) is 0. The number of nitriles is 1. The van der Waals surface area contributed by atoms with Gasteiger partial charge >= 0.3 is 0 Å². The third kappa shape index (κ3) is 1.56. The summed E-state index contributed by atoms with van der Waals surface area (Å²) < 4.78 is 24.4. The van der Waals surface area contributed by atoms with E-state index in [1.807, 2.05) is 0 Å². The minimum Gasteiger partial charge on any atom is -0.245 e. The lowest BCUT2D eigenvalue weighted by Crippen LogP contribution is -1.94. The summed E-state index contributed by atoms with van der Waals surface area (Å²) in [6, 6.07) is 2.89. The average molecular weight is 168 g/mol. The largest absolute Gasteiger partial charge is 0.266 e. The molecule has 0 atom stereocenters. The van der Waals surface area contributed by atoms with E-state index < -0.39 is 6.43 Å². The second-order valence-electron chi connectivity index (χ2n) is 2.36. The maximum atomic E-state index is 12.2. The fourth-order valence-electron chi connectivity index (χ4n) is 0.852. The van der Waals surface area contributed by atoms with Crippen molar-refractivity contribution in [3.05, 3.63) is 29.1 Å². The van der Waals surface area contributed by atoms with Crippen molar-refractivity contribution in [2.24, 2.45) is 0 Å². The van der Waals surface area contributed by atoms with Gasteiger partial charge in [0.15, 0.2) is 0 Å². The van der Waals surface area contributed by atoms with E-state index in [9.17, 15) is 8.78 Å². The van der Waals surface area contributed by atoms with Crippen LogP contribution in [0.5, 0.6) is 0 Å². The molecule has 0 amide bonds. The normalized spacial score (nSPS) is 9.92. The summed E-state index contributed by atoms with van der Waals surface area (Å²) in [5, 5.41) is 8.41. The molecule has 1 rings (SSSR count). The molecule has 1 aromatic rings. The van der Waals surface area contributed by atoms with Gasteiger partial charge in [-0.1, -0.05) is 0 Å². The summed E-state index contributed by atoms with van der Waals surface area (Å²) >= 11 is 0. The van der Waals surface area contributed by atoms with Gasteiger partial charge in [-0.3, -0.25) is 0 Å². The summed E-state index contributed by atoms with van der Waals surface area (Å²) in [4.78, 5) is 3.58. The minimum absolute atomic E-state index is 0.199. The Morgan fingerprint density at radius 2 is 2.25 bits per heavy atom. The van der Waals surface area contributed by atoms with Crippen LogP contribution in [0.2, 0.25) is 0 Å². The molecule has 0 aliphatic carbocycles. The monoisotopic (exact) mass is 168 g/mol. The maximum absolute atomic E-state index is 12.2. The maximum Gasteiger partial charge on any atom is 0.266 e. The van der Waals surface area contributed by atoms with Crippen molar-refractivity contribution in [3.8, 4) is 6.07 Å². The Morgan fingerprint density at radius 3 is 2.75 bits per heavy atom. The van der Waals surface area contributed by atoms with E-state index in [2.05, 4.69) is 4.98 Å². The molecule has 0 aromatic carbocycles. The second kappa shape index (κ2) is 3.26. The molecule has 0 saturated heterocycles. The van der Waals surface area contributed by atoms with Gasteiger partial charge in [-0.05, 0) is 18.6 Å². The number of rotatable bonds is 1. The lowest BCUT2D eigenvalue weighted by atomic mass is 10.1. The van der Waals surface area contributed by atoms with Crippen molar-refractivity contribution in [3.63, 3.8) is 0 Å². The Balaban J connectivity index is 3.24. The van der Waals surface area contributed by atoms with E-state index in [4.69, 9.17) is 5.26 Å². The fraction of sp³-hybridized carbons (Fsp3) is 0.250. The molecule has 0 spiro atoms. The van der Waals surface area contributed by atoms with Crippen LogP contribution in [0.3, 0.4) is 0 Å². The SMILES string of the molecule is Cc1cnc(C#N)c(C(F)F)c1. The quantitative estimate of drug-likeness (QED) is 0.644. The molecular formula is C8H6F2N2. The molecule has 0 bridgehead atoms. The van der Waals surface area contributed by atoms with E-state index in [0.29, 0.717) is 5.56 Å². The number of hydrogen-bond acceptors (Lipinski definition) is 2. The van der Waals surface area contributed by atoms with Crippen molar-refractivity contribution in [2.45, 2.75) is 13.3 Å². The summed E-state index contributed by atoms with van der Waals surface area (Å²) in [5.74, 6) is 0. The highest BCUT2D eigenvalue weighted by Gasteiger charge is 2.13. The van der Waals surface area contributed by atoms with Crippen LogP contribution in [-0.4, -0.2) is 4.98 Å². The number of aryl methyl sites for hydroxylation is 1. The van der Waals surface area contributed by atoms with E-state index in [-0.39, 0.29) is 11.3 Å². The number of alkyl halides is 2. The van der Waals surface area contributed by atoms with Gasteiger partial charge < -0.3 is 0 Å². The number of aromatic nitrogens is 1. The van der Waals surface area contributed by atoms with Crippen LogP contribution in [0.25, 0.3) is 0 Å². The third-order valence-electron chi connectivity index (χ3n) is 1.39. The van der Waals surface area contributed by atoms with Gasteiger partial charge in [0.25, 0.3) is 6.43 Å². The van der Waals surface area contributed by atoms with Crippen LogP contribution in [0.15, 0.2) is 12.3 Å². The topological polar surface area (TPSA) is 36.7 Å². The van der Waals surface area contributed by atoms with Gasteiger partial charge in [0.2, 0.25) is 0 Å². The van der Waals surface area contributed by atoms with Crippen LogP contribution >= 0.6 is 0 Å². The highest BCUT2D eigenvalue weighted by atomic mass is 19.3. The van der Waals surface area contributed by atoms with Gasteiger partial charge in [0.1, 0.15) is 11.8 Å². The Kier molecular flexibility index (Phi) is 2.34. The van der Waals surface area contributed by atoms with Gasteiger partial charge in [0.05, 0.1) is 5.56 Å².